The summed E-state index contributed by atoms with van der Waals surface area (Å²) in [6.07, 6.45) is 1.40. The molecule has 8 nitrogen and oxygen atoms in total. The van der Waals surface area contributed by atoms with Crippen molar-refractivity contribution in [2.45, 2.75) is 11.8 Å². The predicted octanol–water partition coefficient (Wildman–Crippen LogP) is 2.34. The van der Waals surface area contributed by atoms with Crippen molar-refractivity contribution in [3.05, 3.63) is 77.4 Å². The number of aromatic nitrogens is 2. The summed E-state index contributed by atoms with van der Waals surface area (Å²) < 4.78 is 42.8. The quantitative estimate of drug-likeness (QED) is 0.604. The van der Waals surface area contributed by atoms with Crippen LogP contribution in [0.4, 0.5) is 4.39 Å². The number of halogens is 1. The van der Waals surface area contributed by atoms with E-state index in [4.69, 9.17) is 0 Å². The van der Waals surface area contributed by atoms with Gasteiger partial charge in [0.15, 0.2) is 0 Å². The number of carbonyl (C=O) groups excluding carboxylic acids is 1. The van der Waals surface area contributed by atoms with Crippen LogP contribution in [0.1, 0.15) is 21.6 Å². The topological polar surface area (TPSA) is 99.3 Å². The molecule has 0 bridgehead atoms. The zero-order valence-electron chi connectivity index (χ0n) is 17.3. The van der Waals surface area contributed by atoms with Gasteiger partial charge in [-0.2, -0.15) is 14.7 Å². The van der Waals surface area contributed by atoms with Gasteiger partial charge in [0.25, 0.3) is 5.91 Å². The van der Waals surface area contributed by atoms with Crippen LogP contribution in [-0.4, -0.2) is 59.5 Å². The Morgan fingerprint density at radius 1 is 1.06 bits per heavy atom. The van der Waals surface area contributed by atoms with E-state index >= 15 is 0 Å². The Balaban J connectivity index is 1.50. The van der Waals surface area contributed by atoms with E-state index in [1.54, 1.807) is 42.2 Å². The van der Waals surface area contributed by atoms with Crippen LogP contribution in [0.15, 0.2) is 59.6 Å². The van der Waals surface area contributed by atoms with Crippen molar-refractivity contribution in [2.24, 2.45) is 0 Å². The molecule has 1 aliphatic rings. The first-order chi connectivity index (χ1) is 15.3. The van der Waals surface area contributed by atoms with Gasteiger partial charge in [-0.1, -0.05) is 24.3 Å². The third kappa shape index (κ3) is 3.77. The highest BCUT2D eigenvalue weighted by atomic mass is 32.2. The largest absolute Gasteiger partial charge is 0.336 e. The van der Waals surface area contributed by atoms with Crippen molar-refractivity contribution < 1.29 is 17.6 Å². The molecule has 3 aromatic rings. The second-order valence-electron chi connectivity index (χ2n) is 7.31. The first-order valence-electron chi connectivity index (χ1n) is 9.92. The van der Waals surface area contributed by atoms with Crippen molar-refractivity contribution in [1.29, 1.82) is 5.26 Å². The second-order valence-corrected chi connectivity index (χ2v) is 9.22. The SMILES string of the molecule is Cc1c(C(=O)N2CCN(S(=O)(=O)c3ccccc3C#N)CC2)cnn1-c1ccccc1F. The first kappa shape index (κ1) is 21.7. The summed E-state index contributed by atoms with van der Waals surface area (Å²) in [5.41, 5.74) is 1.16. The molecule has 0 spiro atoms. The standard InChI is InChI=1S/C22H20FN5O3S/c1-16-18(15-25-28(16)20-8-4-3-7-19(20)23)22(29)26-10-12-27(13-11-26)32(30,31)21-9-5-2-6-17(21)14-24/h2-9,15H,10-13H2,1H3. The van der Waals surface area contributed by atoms with Gasteiger partial charge in [-0.25, -0.2) is 17.5 Å². The average Bonchev–Trinajstić information content (AvgIpc) is 3.20. The van der Waals surface area contributed by atoms with E-state index in [-0.39, 0.29) is 48.2 Å². The van der Waals surface area contributed by atoms with Gasteiger partial charge < -0.3 is 4.90 Å². The van der Waals surface area contributed by atoms with Crippen LogP contribution in [0.2, 0.25) is 0 Å². The Morgan fingerprint density at radius 3 is 2.41 bits per heavy atom. The highest BCUT2D eigenvalue weighted by Crippen LogP contribution is 2.23. The van der Waals surface area contributed by atoms with Gasteiger partial charge >= 0.3 is 0 Å². The van der Waals surface area contributed by atoms with Crippen LogP contribution in [0, 0.1) is 24.1 Å². The molecule has 2 heterocycles. The molecule has 0 aliphatic carbocycles. The fourth-order valence-electron chi connectivity index (χ4n) is 3.71. The number of carbonyl (C=O) groups is 1. The normalized spacial score (nSPS) is 14.8. The number of hydrogen-bond donors (Lipinski definition) is 0. The smallest absolute Gasteiger partial charge is 0.257 e. The van der Waals surface area contributed by atoms with Crippen molar-refractivity contribution >= 4 is 15.9 Å². The number of sulfonamides is 1. The van der Waals surface area contributed by atoms with Gasteiger partial charge in [0, 0.05) is 26.2 Å². The van der Waals surface area contributed by atoms with Crippen molar-refractivity contribution in [3.63, 3.8) is 0 Å². The van der Waals surface area contributed by atoms with E-state index in [2.05, 4.69) is 5.10 Å². The minimum Gasteiger partial charge on any atom is -0.336 e. The van der Waals surface area contributed by atoms with Crippen LogP contribution in [0.3, 0.4) is 0 Å². The molecule has 1 aliphatic heterocycles. The van der Waals surface area contributed by atoms with E-state index in [0.29, 0.717) is 11.3 Å². The fraction of sp³-hybridized carbons (Fsp3) is 0.227. The third-order valence-corrected chi connectivity index (χ3v) is 7.43. The molecule has 1 amide bonds. The molecular formula is C22H20FN5O3S. The maximum Gasteiger partial charge on any atom is 0.257 e. The number of rotatable bonds is 4. The first-order valence-corrected chi connectivity index (χ1v) is 11.4. The molecule has 10 heteroatoms. The van der Waals surface area contributed by atoms with Gasteiger partial charge in [-0.05, 0) is 31.2 Å². The van der Waals surface area contributed by atoms with Crippen LogP contribution in [0.5, 0.6) is 0 Å². The zero-order valence-corrected chi connectivity index (χ0v) is 18.1. The molecule has 0 atom stereocenters. The van der Waals surface area contributed by atoms with E-state index < -0.39 is 15.8 Å². The molecule has 0 saturated carbocycles. The lowest BCUT2D eigenvalue weighted by atomic mass is 10.2. The summed E-state index contributed by atoms with van der Waals surface area (Å²) in [5, 5.41) is 13.4. The maximum atomic E-state index is 14.1. The number of para-hydroxylation sites is 1. The molecule has 0 N–H and O–H groups in total. The fourth-order valence-corrected chi connectivity index (χ4v) is 5.28. The Labute approximate surface area is 185 Å². The van der Waals surface area contributed by atoms with Crippen molar-refractivity contribution in [2.75, 3.05) is 26.2 Å². The van der Waals surface area contributed by atoms with Crippen LogP contribution in [0.25, 0.3) is 5.69 Å². The monoisotopic (exact) mass is 453 g/mol. The third-order valence-electron chi connectivity index (χ3n) is 5.47. The lowest BCUT2D eigenvalue weighted by Crippen LogP contribution is -2.50. The second kappa shape index (κ2) is 8.53. The number of nitrogens with zero attached hydrogens (tertiary/aromatic N) is 5. The molecule has 1 aromatic heterocycles. The highest BCUT2D eigenvalue weighted by molar-refractivity contribution is 7.89. The van der Waals surface area contributed by atoms with Crippen LogP contribution >= 0.6 is 0 Å². The highest BCUT2D eigenvalue weighted by Gasteiger charge is 2.32. The van der Waals surface area contributed by atoms with Gasteiger partial charge in [0.2, 0.25) is 10.0 Å². The van der Waals surface area contributed by atoms with Crippen molar-refractivity contribution in [1.82, 2.24) is 19.0 Å². The molecule has 32 heavy (non-hydrogen) atoms. The molecule has 4 rings (SSSR count). The minimum atomic E-state index is -3.85. The number of nitriles is 1. The van der Waals surface area contributed by atoms with E-state index in [1.165, 1.54) is 33.4 Å². The molecule has 0 unspecified atom stereocenters. The van der Waals surface area contributed by atoms with E-state index in [0.717, 1.165) is 0 Å². The molecule has 1 saturated heterocycles. The van der Waals surface area contributed by atoms with E-state index in [1.807, 2.05) is 6.07 Å². The summed E-state index contributed by atoms with van der Waals surface area (Å²) >= 11 is 0. The zero-order chi connectivity index (χ0) is 22.9. The maximum absolute atomic E-state index is 14.1. The van der Waals surface area contributed by atoms with Gasteiger partial charge in [-0.15, -0.1) is 0 Å². The molecule has 164 valence electrons. The molecule has 2 aromatic carbocycles. The number of amides is 1. The van der Waals surface area contributed by atoms with Gasteiger partial charge in [0.1, 0.15) is 17.6 Å². The Bertz CT molecular complexity index is 1320. The number of piperazine rings is 1. The molecule has 1 fully saturated rings. The summed E-state index contributed by atoms with van der Waals surface area (Å²) in [5.74, 6) is -0.742. The van der Waals surface area contributed by atoms with E-state index in [9.17, 15) is 22.9 Å². The Morgan fingerprint density at radius 2 is 1.72 bits per heavy atom. The summed E-state index contributed by atoms with van der Waals surface area (Å²) in [6, 6.07) is 14.1. The summed E-state index contributed by atoms with van der Waals surface area (Å²) in [7, 11) is -3.85. The van der Waals surface area contributed by atoms with Gasteiger partial charge in [0.05, 0.1) is 27.9 Å². The minimum absolute atomic E-state index is 0.0377. The Hall–Kier alpha value is -3.55. The summed E-state index contributed by atoms with van der Waals surface area (Å²) in [4.78, 5) is 14.6. The van der Waals surface area contributed by atoms with Crippen LogP contribution in [-0.2, 0) is 10.0 Å². The lowest BCUT2D eigenvalue weighted by molar-refractivity contribution is 0.0697. The Kier molecular flexibility index (Phi) is 5.78. The number of benzene rings is 2. The average molecular weight is 453 g/mol. The molecular weight excluding hydrogens is 433 g/mol. The van der Waals surface area contributed by atoms with Gasteiger partial charge in [-0.3, -0.25) is 4.79 Å². The number of hydrogen-bond acceptors (Lipinski definition) is 5. The van der Waals surface area contributed by atoms with Crippen LogP contribution < -0.4 is 0 Å². The predicted molar refractivity (Wildman–Crippen MR) is 114 cm³/mol. The van der Waals surface area contributed by atoms with Crippen molar-refractivity contribution in [3.8, 4) is 11.8 Å². The summed E-state index contributed by atoms with van der Waals surface area (Å²) in [6.45, 7) is 2.28. The lowest BCUT2D eigenvalue weighted by Gasteiger charge is -2.34. The molecule has 0 radical (unpaired) electrons.